The van der Waals surface area contributed by atoms with E-state index in [2.05, 4.69) is 34.9 Å². The molecule has 126 valence electrons. The van der Waals surface area contributed by atoms with Crippen LogP contribution in [0.1, 0.15) is 12.5 Å². The summed E-state index contributed by atoms with van der Waals surface area (Å²) in [4.78, 5) is 12.2. The molecule has 0 radical (unpaired) electrons. The molecule has 0 saturated heterocycles. The minimum absolute atomic E-state index is 0.0176. The second-order valence-corrected chi connectivity index (χ2v) is 6.01. The first-order valence-corrected chi connectivity index (χ1v) is 8.46. The third-order valence-electron chi connectivity index (χ3n) is 4.08. The number of benzene rings is 3. The van der Waals surface area contributed by atoms with Gasteiger partial charge in [-0.2, -0.15) is 0 Å². The highest BCUT2D eigenvalue weighted by atomic mass is 16.2. The molecule has 0 aromatic heterocycles. The Kier molecular flexibility index (Phi) is 5.47. The predicted molar refractivity (Wildman–Crippen MR) is 103 cm³/mol. The molecule has 3 nitrogen and oxygen atoms in total. The van der Waals surface area contributed by atoms with E-state index in [1.807, 2.05) is 67.6 Å². The molecule has 3 aromatic rings. The molecule has 1 amide bonds. The van der Waals surface area contributed by atoms with Crippen molar-refractivity contribution in [2.24, 2.45) is 0 Å². The summed E-state index contributed by atoms with van der Waals surface area (Å²) in [6, 6.07) is 28.0. The van der Waals surface area contributed by atoms with Crippen molar-refractivity contribution < 1.29 is 4.79 Å². The Morgan fingerprint density at radius 3 is 2.00 bits per heavy atom. The number of nitrogens with one attached hydrogen (secondary N) is 2. The van der Waals surface area contributed by atoms with Crippen LogP contribution in [-0.4, -0.2) is 11.9 Å². The van der Waals surface area contributed by atoms with Crippen molar-refractivity contribution in [3.63, 3.8) is 0 Å². The Labute approximate surface area is 148 Å². The maximum Gasteiger partial charge on any atom is 0.242 e. The number of rotatable bonds is 6. The van der Waals surface area contributed by atoms with Crippen molar-refractivity contribution >= 4 is 11.6 Å². The maximum atomic E-state index is 12.2. The van der Waals surface area contributed by atoms with Gasteiger partial charge in [0, 0.05) is 12.2 Å². The summed E-state index contributed by atoms with van der Waals surface area (Å²) >= 11 is 0. The Bertz CT molecular complexity index is 798. The summed E-state index contributed by atoms with van der Waals surface area (Å²) in [6.07, 6.45) is 0. The van der Waals surface area contributed by atoms with Gasteiger partial charge in [-0.05, 0) is 35.7 Å². The van der Waals surface area contributed by atoms with Gasteiger partial charge in [-0.25, -0.2) is 0 Å². The lowest BCUT2D eigenvalue weighted by molar-refractivity contribution is -0.121. The van der Waals surface area contributed by atoms with Gasteiger partial charge in [-0.1, -0.05) is 72.8 Å². The summed E-state index contributed by atoms with van der Waals surface area (Å²) in [7, 11) is 0. The molecular weight excluding hydrogens is 308 g/mol. The van der Waals surface area contributed by atoms with E-state index in [9.17, 15) is 4.79 Å². The Hall–Kier alpha value is -3.07. The lowest BCUT2D eigenvalue weighted by Crippen LogP contribution is -2.37. The van der Waals surface area contributed by atoms with Gasteiger partial charge in [0.15, 0.2) is 0 Å². The molecule has 0 spiro atoms. The highest BCUT2D eigenvalue weighted by Crippen LogP contribution is 2.21. The third kappa shape index (κ3) is 4.70. The van der Waals surface area contributed by atoms with Crippen molar-refractivity contribution in [1.29, 1.82) is 0 Å². The highest BCUT2D eigenvalue weighted by Gasteiger charge is 2.12. The first kappa shape index (κ1) is 16.8. The van der Waals surface area contributed by atoms with Gasteiger partial charge in [-0.3, -0.25) is 4.79 Å². The number of carbonyl (C=O) groups excluding carboxylic acids is 1. The molecule has 3 aromatic carbocycles. The van der Waals surface area contributed by atoms with Crippen molar-refractivity contribution in [1.82, 2.24) is 5.32 Å². The van der Waals surface area contributed by atoms with Crippen molar-refractivity contribution in [3.8, 4) is 11.1 Å². The number of hydrogen-bond acceptors (Lipinski definition) is 2. The molecule has 0 bridgehead atoms. The van der Waals surface area contributed by atoms with Gasteiger partial charge >= 0.3 is 0 Å². The molecule has 0 fully saturated rings. The van der Waals surface area contributed by atoms with Gasteiger partial charge in [0.1, 0.15) is 6.04 Å². The maximum absolute atomic E-state index is 12.2. The molecule has 2 N–H and O–H groups in total. The van der Waals surface area contributed by atoms with Gasteiger partial charge in [0.25, 0.3) is 0 Å². The number of hydrogen-bond donors (Lipinski definition) is 2. The fraction of sp³-hybridized carbons (Fsp3) is 0.136. The Morgan fingerprint density at radius 1 is 0.800 bits per heavy atom. The summed E-state index contributed by atoms with van der Waals surface area (Å²) in [5.74, 6) is -0.0176. The molecule has 0 aliphatic rings. The summed E-state index contributed by atoms with van der Waals surface area (Å²) in [5, 5.41) is 6.20. The zero-order valence-corrected chi connectivity index (χ0v) is 14.3. The largest absolute Gasteiger partial charge is 0.374 e. The second-order valence-electron chi connectivity index (χ2n) is 6.01. The van der Waals surface area contributed by atoms with E-state index in [4.69, 9.17) is 0 Å². The molecule has 1 atom stereocenters. The van der Waals surface area contributed by atoms with Gasteiger partial charge in [0.2, 0.25) is 5.91 Å². The van der Waals surface area contributed by atoms with Crippen LogP contribution in [0.4, 0.5) is 5.69 Å². The van der Waals surface area contributed by atoms with Crippen LogP contribution in [0.3, 0.4) is 0 Å². The zero-order chi connectivity index (χ0) is 17.5. The molecule has 0 heterocycles. The number of anilines is 1. The topological polar surface area (TPSA) is 41.1 Å². The molecule has 0 aliphatic carbocycles. The van der Waals surface area contributed by atoms with Gasteiger partial charge in [0.05, 0.1) is 0 Å². The fourth-order valence-electron chi connectivity index (χ4n) is 2.64. The van der Waals surface area contributed by atoms with Crippen LogP contribution < -0.4 is 10.6 Å². The Balaban J connectivity index is 1.55. The molecular formula is C22H22N2O. The molecule has 25 heavy (non-hydrogen) atoms. The zero-order valence-electron chi connectivity index (χ0n) is 14.3. The van der Waals surface area contributed by atoms with Crippen molar-refractivity contribution in [2.45, 2.75) is 19.5 Å². The highest BCUT2D eigenvalue weighted by molar-refractivity contribution is 5.84. The average Bonchev–Trinajstić information content (AvgIpc) is 2.68. The van der Waals surface area contributed by atoms with E-state index >= 15 is 0 Å². The third-order valence-corrected chi connectivity index (χ3v) is 4.08. The molecule has 0 unspecified atom stereocenters. The van der Waals surface area contributed by atoms with Gasteiger partial charge in [-0.15, -0.1) is 0 Å². The number of carbonyl (C=O) groups is 1. The van der Waals surface area contributed by atoms with E-state index in [0.29, 0.717) is 6.54 Å². The number of amides is 1. The fourth-order valence-corrected chi connectivity index (χ4v) is 2.64. The van der Waals surface area contributed by atoms with Crippen LogP contribution in [0.15, 0.2) is 84.9 Å². The van der Waals surface area contributed by atoms with E-state index in [1.165, 1.54) is 5.56 Å². The quantitative estimate of drug-likeness (QED) is 0.700. The normalized spacial score (nSPS) is 11.6. The second kappa shape index (κ2) is 8.15. The van der Waals surface area contributed by atoms with E-state index in [0.717, 1.165) is 16.8 Å². The van der Waals surface area contributed by atoms with E-state index < -0.39 is 0 Å². The summed E-state index contributed by atoms with van der Waals surface area (Å²) < 4.78 is 0. The molecule has 3 rings (SSSR count). The monoisotopic (exact) mass is 330 g/mol. The minimum Gasteiger partial charge on any atom is -0.374 e. The molecule has 0 saturated carbocycles. The lowest BCUT2D eigenvalue weighted by atomic mass is 10.1. The molecule has 3 heteroatoms. The smallest absolute Gasteiger partial charge is 0.242 e. The first-order valence-electron chi connectivity index (χ1n) is 8.46. The van der Waals surface area contributed by atoms with Crippen LogP contribution in [0.5, 0.6) is 0 Å². The van der Waals surface area contributed by atoms with E-state index in [-0.39, 0.29) is 11.9 Å². The van der Waals surface area contributed by atoms with E-state index in [1.54, 1.807) is 0 Å². The summed E-state index contributed by atoms with van der Waals surface area (Å²) in [6.45, 7) is 2.41. The molecule has 0 aliphatic heterocycles. The SMILES string of the molecule is C[C@@H](Nc1ccc(-c2ccccc2)cc1)C(=O)NCc1ccccc1. The Morgan fingerprint density at radius 2 is 1.36 bits per heavy atom. The van der Waals surface area contributed by atoms with Crippen molar-refractivity contribution in [3.05, 3.63) is 90.5 Å². The first-order chi connectivity index (χ1) is 12.2. The van der Waals surface area contributed by atoms with Gasteiger partial charge < -0.3 is 10.6 Å². The van der Waals surface area contributed by atoms with Crippen molar-refractivity contribution in [2.75, 3.05) is 5.32 Å². The minimum atomic E-state index is -0.300. The van der Waals surface area contributed by atoms with Crippen LogP contribution in [-0.2, 0) is 11.3 Å². The van der Waals surface area contributed by atoms with Crippen LogP contribution in [0.25, 0.3) is 11.1 Å². The summed E-state index contributed by atoms with van der Waals surface area (Å²) in [5.41, 5.74) is 4.37. The predicted octanol–water partition coefficient (Wildman–Crippen LogP) is 4.47. The van der Waals surface area contributed by atoms with Crippen LogP contribution in [0, 0.1) is 0 Å². The van der Waals surface area contributed by atoms with Crippen LogP contribution >= 0.6 is 0 Å². The van der Waals surface area contributed by atoms with Crippen LogP contribution in [0.2, 0.25) is 0 Å². The standard InChI is InChI=1S/C22H22N2O/c1-17(22(25)23-16-18-8-4-2-5-9-18)24-21-14-12-20(13-15-21)19-10-6-3-7-11-19/h2-15,17,24H,16H2,1H3,(H,23,25)/t17-/m1/s1. The lowest BCUT2D eigenvalue weighted by Gasteiger charge is -2.15. The average molecular weight is 330 g/mol.